The molecule has 0 radical (unpaired) electrons. The van der Waals surface area contributed by atoms with Gasteiger partial charge >= 0.3 is 0 Å². The Morgan fingerprint density at radius 1 is 1.05 bits per heavy atom. The second-order valence-corrected chi connectivity index (χ2v) is 7.97. The molecule has 4 bridgehead atoms. The highest BCUT2D eigenvalue weighted by molar-refractivity contribution is 5.81. The van der Waals surface area contributed by atoms with Gasteiger partial charge in [-0.25, -0.2) is 0 Å². The zero-order valence-corrected chi connectivity index (χ0v) is 13.4. The van der Waals surface area contributed by atoms with Gasteiger partial charge in [0.2, 0.25) is 5.91 Å². The summed E-state index contributed by atoms with van der Waals surface area (Å²) >= 11 is 0. The van der Waals surface area contributed by atoms with Gasteiger partial charge in [-0.2, -0.15) is 0 Å². The Balaban J connectivity index is 1.35. The minimum Gasteiger partial charge on any atom is -0.376 e. The quantitative estimate of drug-likeness (QED) is 0.893. The van der Waals surface area contributed by atoms with E-state index in [1.54, 1.807) is 0 Å². The molecule has 118 valence electrons. The average molecular weight is 298 g/mol. The SMILES string of the molecule is Cc1ccc(NCC(=O)NC23CC4CC(CC(C4)C2)C3)cc1. The van der Waals surface area contributed by atoms with Gasteiger partial charge in [-0.3, -0.25) is 4.79 Å². The Morgan fingerprint density at radius 2 is 1.59 bits per heavy atom. The van der Waals surface area contributed by atoms with Crippen LogP contribution in [0, 0.1) is 24.7 Å². The van der Waals surface area contributed by atoms with Gasteiger partial charge in [-0.15, -0.1) is 0 Å². The summed E-state index contributed by atoms with van der Waals surface area (Å²) in [6.45, 7) is 2.45. The average Bonchev–Trinajstić information content (AvgIpc) is 2.44. The van der Waals surface area contributed by atoms with E-state index in [9.17, 15) is 4.79 Å². The first-order valence-corrected chi connectivity index (χ1v) is 8.72. The number of nitrogens with one attached hydrogen (secondary N) is 2. The van der Waals surface area contributed by atoms with Crippen LogP contribution in [0.5, 0.6) is 0 Å². The molecule has 0 unspecified atom stereocenters. The molecule has 4 aliphatic rings. The first-order valence-electron chi connectivity index (χ1n) is 8.72. The number of rotatable bonds is 4. The molecule has 2 N–H and O–H groups in total. The lowest BCUT2D eigenvalue weighted by molar-refractivity contribution is -0.125. The second-order valence-electron chi connectivity index (χ2n) is 7.97. The highest BCUT2D eigenvalue weighted by Crippen LogP contribution is 2.55. The smallest absolute Gasteiger partial charge is 0.239 e. The van der Waals surface area contributed by atoms with Crippen molar-refractivity contribution in [2.45, 2.75) is 51.0 Å². The molecule has 1 aromatic carbocycles. The molecule has 22 heavy (non-hydrogen) atoms. The lowest BCUT2D eigenvalue weighted by Gasteiger charge is -2.56. The number of hydrogen-bond donors (Lipinski definition) is 2. The van der Waals surface area contributed by atoms with E-state index in [1.807, 2.05) is 12.1 Å². The van der Waals surface area contributed by atoms with Crippen molar-refractivity contribution in [1.29, 1.82) is 0 Å². The van der Waals surface area contributed by atoms with Crippen LogP contribution in [-0.4, -0.2) is 18.0 Å². The second kappa shape index (κ2) is 5.29. The highest BCUT2D eigenvalue weighted by atomic mass is 16.2. The molecule has 5 rings (SSSR count). The monoisotopic (exact) mass is 298 g/mol. The predicted octanol–water partition coefficient (Wildman–Crippen LogP) is 3.49. The van der Waals surface area contributed by atoms with Crippen LogP contribution in [0.15, 0.2) is 24.3 Å². The summed E-state index contributed by atoms with van der Waals surface area (Å²) in [5.41, 5.74) is 2.38. The van der Waals surface area contributed by atoms with Crippen molar-refractivity contribution in [3.63, 3.8) is 0 Å². The predicted molar refractivity (Wildman–Crippen MR) is 88.7 cm³/mol. The molecular weight excluding hydrogens is 272 g/mol. The maximum absolute atomic E-state index is 12.4. The summed E-state index contributed by atoms with van der Waals surface area (Å²) in [6.07, 6.45) is 7.89. The van der Waals surface area contributed by atoms with Crippen LogP contribution in [0.1, 0.15) is 44.1 Å². The van der Waals surface area contributed by atoms with E-state index in [0.29, 0.717) is 6.54 Å². The van der Waals surface area contributed by atoms with Crippen LogP contribution >= 0.6 is 0 Å². The third kappa shape index (κ3) is 2.73. The fraction of sp³-hybridized carbons (Fsp3) is 0.632. The number of aryl methyl sites for hydroxylation is 1. The van der Waals surface area contributed by atoms with Crippen LogP contribution in [-0.2, 0) is 4.79 Å². The number of amides is 1. The lowest BCUT2D eigenvalue weighted by atomic mass is 9.53. The first kappa shape index (κ1) is 14.1. The minimum absolute atomic E-state index is 0.126. The highest BCUT2D eigenvalue weighted by Gasteiger charge is 2.51. The molecule has 4 fully saturated rings. The summed E-state index contributed by atoms with van der Waals surface area (Å²) in [5.74, 6) is 2.77. The molecule has 0 aliphatic heterocycles. The normalized spacial score (nSPS) is 35.4. The van der Waals surface area contributed by atoms with Gasteiger partial charge in [0, 0.05) is 11.2 Å². The zero-order valence-electron chi connectivity index (χ0n) is 13.4. The lowest BCUT2D eigenvalue weighted by Crippen LogP contribution is -2.60. The molecule has 0 aromatic heterocycles. The molecule has 4 aliphatic carbocycles. The van der Waals surface area contributed by atoms with E-state index in [1.165, 1.54) is 44.1 Å². The van der Waals surface area contributed by atoms with E-state index >= 15 is 0 Å². The molecule has 1 amide bonds. The molecule has 0 heterocycles. The fourth-order valence-electron chi connectivity index (χ4n) is 5.46. The molecule has 3 heteroatoms. The van der Waals surface area contributed by atoms with E-state index in [-0.39, 0.29) is 11.4 Å². The Hall–Kier alpha value is -1.51. The van der Waals surface area contributed by atoms with Crippen molar-refractivity contribution in [2.24, 2.45) is 17.8 Å². The van der Waals surface area contributed by atoms with Crippen LogP contribution < -0.4 is 10.6 Å². The standard InChI is InChI=1S/C19H26N2O/c1-13-2-4-17(5-3-13)20-12-18(22)21-19-9-14-6-15(10-19)8-16(7-14)11-19/h2-5,14-16,20H,6-12H2,1H3,(H,21,22). The van der Waals surface area contributed by atoms with Crippen molar-refractivity contribution in [3.05, 3.63) is 29.8 Å². The molecule has 1 aromatic rings. The molecule has 0 atom stereocenters. The number of benzene rings is 1. The first-order chi connectivity index (χ1) is 10.6. The molecule has 4 saturated carbocycles. The Kier molecular flexibility index (Phi) is 3.39. The Morgan fingerprint density at radius 3 is 2.14 bits per heavy atom. The van der Waals surface area contributed by atoms with E-state index < -0.39 is 0 Å². The minimum atomic E-state index is 0.126. The topological polar surface area (TPSA) is 41.1 Å². The molecule has 3 nitrogen and oxygen atoms in total. The van der Waals surface area contributed by atoms with Crippen molar-refractivity contribution < 1.29 is 4.79 Å². The number of carbonyl (C=O) groups is 1. The zero-order chi connectivity index (χ0) is 15.2. The van der Waals surface area contributed by atoms with Crippen molar-refractivity contribution in [3.8, 4) is 0 Å². The number of hydrogen-bond acceptors (Lipinski definition) is 2. The maximum atomic E-state index is 12.4. The molecule has 0 saturated heterocycles. The van der Waals surface area contributed by atoms with Crippen LogP contribution in [0.25, 0.3) is 0 Å². The maximum Gasteiger partial charge on any atom is 0.239 e. The number of carbonyl (C=O) groups excluding carboxylic acids is 1. The summed E-state index contributed by atoms with van der Waals surface area (Å²) in [6, 6.07) is 8.21. The summed E-state index contributed by atoms with van der Waals surface area (Å²) in [7, 11) is 0. The third-order valence-corrected chi connectivity index (χ3v) is 5.95. The summed E-state index contributed by atoms with van der Waals surface area (Å²) < 4.78 is 0. The van der Waals surface area contributed by atoms with Gasteiger partial charge in [0.1, 0.15) is 0 Å². The van der Waals surface area contributed by atoms with Crippen molar-refractivity contribution in [2.75, 3.05) is 11.9 Å². The van der Waals surface area contributed by atoms with E-state index in [4.69, 9.17) is 0 Å². The molecule has 0 spiro atoms. The van der Waals surface area contributed by atoms with Crippen LogP contribution in [0.3, 0.4) is 0 Å². The van der Waals surface area contributed by atoms with Gasteiger partial charge in [0.05, 0.1) is 6.54 Å². The Labute approximate surface area is 132 Å². The van der Waals surface area contributed by atoms with Gasteiger partial charge in [-0.1, -0.05) is 17.7 Å². The van der Waals surface area contributed by atoms with Gasteiger partial charge in [0.25, 0.3) is 0 Å². The van der Waals surface area contributed by atoms with E-state index in [2.05, 4.69) is 29.7 Å². The third-order valence-electron chi connectivity index (χ3n) is 5.95. The van der Waals surface area contributed by atoms with Gasteiger partial charge in [-0.05, 0) is 75.3 Å². The van der Waals surface area contributed by atoms with Gasteiger partial charge < -0.3 is 10.6 Å². The van der Waals surface area contributed by atoms with Crippen LogP contribution in [0.4, 0.5) is 5.69 Å². The summed E-state index contributed by atoms with van der Waals surface area (Å²) in [5, 5.41) is 6.65. The van der Waals surface area contributed by atoms with Crippen molar-refractivity contribution in [1.82, 2.24) is 5.32 Å². The van der Waals surface area contributed by atoms with Gasteiger partial charge in [0.15, 0.2) is 0 Å². The largest absolute Gasteiger partial charge is 0.376 e. The van der Waals surface area contributed by atoms with Crippen molar-refractivity contribution >= 4 is 11.6 Å². The molecular formula is C19H26N2O. The number of anilines is 1. The Bertz CT molecular complexity index is 528. The van der Waals surface area contributed by atoms with Crippen LogP contribution in [0.2, 0.25) is 0 Å². The fourth-order valence-corrected chi connectivity index (χ4v) is 5.46. The van der Waals surface area contributed by atoms with E-state index in [0.717, 1.165) is 23.4 Å². The summed E-state index contributed by atoms with van der Waals surface area (Å²) in [4.78, 5) is 12.4.